The first-order chi connectivity index (χ1) is 9.36. The van der Waals surface area contributed by atoms with Crippen molar-refractivity contribution in [2.75, 3.05) is 19.6 Å². The lowest BCUT2D eigenvalue weighted by Gasteiger charge is -2.33. The summed E-state index contributed by atoms with van der Waals surface area (Å²) in [6, 6.07) is 1.75. The fourth-order valence-electron chi connectivity index (χ4n) is 4.07. The number of fused-ring (bicyclic) bond motifs is 1. The van der Waals surface area contributed by atoms with E-state index in [-0.39, 0.29) is 0 Å². The summed E-state index contributed by atoms with van der Waals surface area (Å²) in [4.78, 5) is 2.88. The molecule has 19 heavy (non-hydrogen) atoms. The van der Waals surface area contributed by atoms with Gasteiger partial charge in [0.1, 0.15) is 0 Å². The molecule has 2 heteroatoms. The topological polar surface area (TPSA) is 15.3 Å². The van der Waals surface area contributed by atoms with Crippen molar-refractivity contribution in [3.05, 3.63) is 0 Å². The first-order valence-electron chi connectivity index (χ1n) is 8.83. The van der Waals surface area contributed by atoms with Crippen LogP contribution in [0.5, 0.6) is 0 Å². The molecule has 0 amide bonds. The van der Waals surface area contributed by atoms with E-state index >= 15 is 0 Å². The molecule has 0 radical (unpaired) electrons. The monoisotopic (exact) mass is 266 g/mol. The van der Waals surface area contributed by atoms with E-state index < -0.39 is 0 Å². The van der Waals surface area contributed by atoms with Gasteiger partial charge in [0.15, 0.2) is 0 Å². The van der Waals surface area contributed by atoms with Gasteiger partial charge in [-0.3, -0.25) is 4.90 Å². The van der Waals surface area contributed by atoms with Crippen LogP contribution in [0.4, 0.5) is 0 Å². The highest BCUT2D eigenvalue weighted by Crippen LogP contribution is 2.32. The first kappa shape index (κ1) is 15.3. The third-order valence-corrected chi connectivity index (χ3v) is 5.24. The zero-order chi connectivity index (χ0) is 13.5. The van der Waals surface area contributed by atoms with E-state index in [9.17, 15) is 0 Å². The van der Waals surface area contributed by atoms with Gasteiger partial charge in [-0.25, -0.2) is 0 Å². The van der Waals surface area contributed by atoms with Crippen molar-refractivity contribution in [2.45, 2.75) is 83.7 Å². The summed E-state index contributed by atoms with van der Waals surface area (Å²) < 4.78 is 0. The molecule has 2 heterocycles. The van der Waals surface area contributed by atoms with E-state index in [1.54, 1.807) is 0 Å². The SMILES string of the molecule is CCCCCC(CCCCC)N1CCC2CNCC21. The maximum atomic E-state index is 3.60. The lowest BCUT2D eigenvalue weighted by atomic mass is 9.98. The molecular weight excluding hydrogens is 232 g/mol. The zero-order valence-corrected chi connectivity index (χ0v) is 13.2. The Morgan fingerprint density at radius 1 is 1.00 bits per heavy atom. The van der Waals surface area contributed by atoms with Crippen LogP contribution in [0.25, 0.3) is 0 Å². The molecule has 0 aliphatic carbocycles. The average molecular weight is 266 g/mol. The van der Waals surface area contributed by atoms with Gasteiger partial charge in [-0.05, 0) is 38.3 Å². The Morgan fingerprint density at radius 2 is 1.68 bits per heavy atom. The molecule has 112 valence electrons. The van der Waals surface area contributed by atoms with Crippen LogP contribution in [0.3, 0.4) is 0 Å². The van der Waals surface area contributed by atoms with Crippen LogP contribution < -0.4 is 5.32 Å². The van der Waals surface area contributed by atoms with Gasteiger partial charge in [0.25, 0.3) is 0 Å². The minimum atomic E-state index is 0.869. The van der Waals surface area contributed by atoms with Crippen LogP contribution in [-0.4, -0.2) is 36.6 Å². The van der Waals surface area contributed by atoms with E-state index in [1.165, 1.54) is 77.4 Å². The van der Waals surface area contributed by atoms with Crippen molar-refractivity contribution in [2.24, 2.45) is 5.92 Å². The van der Waals surface area contributed by atoms with Crippen LogP contribution in [0.15, 0.2) is 0 Å². The van der Waals surface area contributed by atoms with Crippen molar-refractivity contribution in [3.63, 3.8) is 0 Å². The Bertz CT molecular complexity index is 231. The average Bonchev–Trinajstić information content (AvgIpc) is 3.00. The molecule has 0 aromatic heterocycles. The first-order valence-corrected chi connectivity index (χ1v) is 8.83. The van der Waals surface area contributed by atoms with E-state index in [0.717, 1.165) is 18.0 Å². The summed E-state index contributed by atoms with van der Waals surface area (Å²) in [6.07, 6.45) is 12.8. The second-order valence-corrected chi connectivity index (χ2v) is 6.66. The molecule has 2 aliphatic heterocycles. The Hall–Kier alpha value is -0.0800. The molecule has 0 aromatic rings. The van der Waals surface area contributed by atoms with Gasteiger partial charge in [-0.15, -0.1) is 0 Å². The highest BCUT2D eigenvalue weighted by atomic mass is 15.2. The van der Waals surface area contributed by atoms with E-state index in [1.807, 2.05) is 0 Å². The summed E-state index contributed by atoms with van der Waals surface area (Å²) in [5.41, 5.74) is 0. The lowest BCUT2D eigenvalue weighted by molar-refractivity contribution is 0.155. The summed E-state index contributed by atoms with van der Waals surface area (Å²) in [5.74, 6) is 0.958. The standard InChI is InChI=1S/C17H34N2/c1-3-5-7-9-16(10-8-6-4-2)19-12-11-15-13-18-14-17(15)19/h15-18H,3-14H2,1-2H3. The van der Waals surface area contributed by atoms with Crippen molar-refractivity contribution >= 4 is 0 Å². The fraction of sp³-hybridized carbons (Fsp3) is 1.00. The number of likely N-dealkylation sites (tertiary alicyclic amines) is 1. The molecule has 0 spiro atoms. The maximum Gasteiger partial charge on any atom is 0.0264 e. The number of hydrogen-bond donors (Lipinski definition) is 1. The third kappa shape index (κ3) is 4.19. The summed E-state index contributed by atoms with van der Waals surface area (Å²) in [6.45, 7) is 8.54. The van der Waals surface area contributed by atoms with Crippen LogP contribution in [-0.2, 0) is 0 Å². The van der Waals surface area contributed by atoms with Gasteiger partial charge in [-0.1, -0.05) is 52.4 Å². The van der Waals surface area contributed by atoms with Crippen LogP contribution in [0, 0.1) is 5.92 Å². The largest absolute Gasteiger partial charge is 0.315 e. The molecule has 0 saturated carbocycles. The molecule has 2 rings (SSSR count). The van der Waals surface area contributed by atoms with Gasteiger partial charge in [0.2, 0.25) is 0 Å². The van der Waals surface area contributed by atoms with Gasteiger partial charge in [0.05, 0.1) is 0 Å². The summed E-state index contributed by atoms with van der Waals surface area (Å²) in [7, 11) is 0. The molecule has 2 atom stereocenters. The Morgan fingerprint density at radius 3 is 2.32 bits per heavy atom. The quantitative estimate of drug-likeness (QED) is 0.638. The maximum absolute atomic E-state index is 3.60. The number of nitrogens with zero attached hydrogens (tertiary/aromatic N) is 1. The molecule has 2 nitrogen and oxygen atoms in total. The Labute approximate surface area is 120 Å². The predicted octanol–water partition coefficient (Wildman–Crippen LogP) is 3.81. The van der Waals surface area contributed by atoms with Crippen molar-refractivity contribution in [1.82, 2.24) is 10.2 Å². The number of hydrogen-bond acceptors (Lipinski definition) is 2. The van der Waals surface area contributed by atoms with Crippen molar-refractivity contribution in [1.29, 1.82) is 0 Å². The molecule has 2 fully saturated rings. The third-order valence-electron chi connectivity index (χ3n) is 5.24. The van der Waals surface area contributed by atoms with Crippen LogP contribution >= 0.6 is 0 Å². The van der Waals surface area contributed by atoms with Gasteiger partial charge >= 0.3 is 0 Å². The summed E-state index contributed by atoms with van der Waals surface area (Å²) >= 11 is 0. The normalized spacial score (nSPS) is 27.3. The number of nitrogens with one attached hydrogen (secondary N) is 1. The molecular formula is C17H34N2. The van der Waals surface area contributed by atoms with Crippen molar-refractivity contribution in [3.8, 4) is 0 Å². The van der Waals surface area contributed by atoms with E-state index in [0.29, 0.717) is 0 Å². The molecule has 1 N–H and O–H groups in total. The lowest BCUT2D eigenvalue weighted by Crippen LogP contribution is -2.42. The van der Waals surface area contributed by atoms with Gasteiger partial charge < -0.3 is 5.32 Å². The Kier molecular flexibility index (Phi) is 6.66. The zero-order valence-electron chi connectivity index (χ0n) is 13.2. The fourth-order valence-corrected chi connectivity index (χ4v) is 4.07. The van der Waals surface area contributed by atoms with Gasteiger partial charge in [0, 0.05) is 18.6 Å². The second kappa shape index (κ2) is 8.26. The molecule has 0 bridgehead atoms. The number of rotatable bonds is 9. The molecule has 2 aliphatic rings. The van der Waals surface area contributed by atoms with Crippen LogP contribution in [0.2, 0.25) is 0 Å². The Balaban J connectivity index is 1.83. The van der Waals surface area contributed by atoms with E-state index in [2.05, 4.69) is 24.1 Å². The number of unbranched alkanes of at least 4 members (excludes halogenated alkanes) is 4. The molecule has 0 aromatic carbocycles. The second-order valence-electron chi connectivity index (χ2n) is 6.66. The molecule has 2 unspecified atom stereocenters. The minimum absolute atomic E-state index is 0.869. The van der Waals surface area contributed by atoms with Gasteiger partial charge in [-0.2, -0.15) is 0 Å². The molecule has 2 saturated heterocycles. The highest BCUT2D eigenvalue weighted by Gasteiger charge is 2.39. The van der Waals surface area contributed by atoms with Crippen molar-refractivity contribution < 1.29 is 0 Å². The van der Waals surface area contributed by atoms with E-state index in [4.69, 9.17) is 0 Å². The minimum Gasteiger partial charge on any atom is -0.315 e. The van der Waals surface area contributed by atoms with Crippen LogP contribution in [0.1, 0.15) is 71.6 Å². The predicted molar refractivity (Wildman–Crippen MR) is 83.5 cm³/mol. The summed E-state index contributed by atoms with van der Waals surface area (Å²) in [5, 5.41) is 3.60. The smallest absolute Gasteiger partial charge is 0.0264 e. The highest BCUT2D eigenvalue weighted by molar-refractivity contribution is 4.96.